The first-order valence-corrected chi connectivity index (χ1v) is 9.09. The highest BCUT2D eigenvalue weighted by Crippen LogP contribution is 2.30. The zero-order valence-corrected chi connectivity index (χ0v) is 13.8. The molecule has 0 aliphatic carbocycles. The molecule has 8 heteroatoms. The minimum Gasteiger partial charge on any atom is -0.477 e. The van der Waals surface area contributed by atoms with Gasteiger partial charge in [0, 0.05) is 6.54 Å². The summed E-state index contributed by atoms with van der Waals surface area (Å²) < 4.78 is 27.2. The Kier molecular flexibility index (Phi) is 4.72. The molecule has 1 fully saturated rings. The molecular formula is C13H20N2O4S2. The monoisotopic (exact) mass is 332 g/mol. The Morgan fingerprint density at radius 1 is 1.48 bits per heavy atom. The molecule has 0 radical (unpaired) electrons. The van der Waals surface area contributed by atoms with Gasteiger partial charge in [-0.2, -0.15) is 0 Å². The topological polar surface area (TPSA) is 86.7 Å². The van der Waals surface area contributed by atoms with Gasteiger partial charge in [0.1, 0.15) is 9.77 Å². The predicted molar refractivity (Wildman–Crippen MR) is 81.3 cm³/mol. The van der Waals surface area contributed by atoms with E-state index in [0.717, 1.165) is 37.3 Å². The maximum Gasteiger partial charge on any atom is 0.347 e. The van der Waals surface area contributed by atoms with Gasteiger partial charge in [-0.15, -0.1) is 11.3 Å². The Labute approximate surface area is 128 Å². The second-order valence-corrected chi connectivity index (χ2v) is 8.51. The number of rotatable bonds is 5. The molecular weight excluding hydrogens is 312 g/mol. The van der Waals surface area contributed by atoms with Gasteiger partial charge in [0.25, 0.3) is 0 Å². The molecule has 0 atom stereocenters. The molecule has 21 heavy (non-hydrogen) atoms. The fourth-order valence-electron chi connectivity index (χ4n) is 2.35. The number of hydrogen-bond acceptors (Lipinski definition) is 5. The molecule has 1 aromatic rings. The zero-order valence-electron chi connectivity index (χ0n) is 12.1. The number of thiophene rings is 1. The number of nitrogens with zero attached hydrogens (tertiary/aromatic N) is 1. The summed E-state index contributed by atoms with van der Waals surface area (Å²) in [5.41, 5.74) is -0.0843. The van der Waals surface area contributed by atoms with Crippen LogP contribution in [0.2, 0.25) is 0 Å². The molecule has 0 spiro atoms. The van der Waals surface area contributed by atoms with E-state index in [4.69, 9.17) is 5.11 Å². The summed E-state index contributed by atoms with van der Waals surface area (Å²) >= 11 is 0.920. The predicted octanol–water partition coefficient (Wildman–Crippen LogP) is 1.46. The summed E-state index contributed by atoms with van der Waals surface area (Å²) in [5, 5.41) is 10.5. The van der Waals surface area contributed by atoms with Crippen LogP contribution in [0, 0.1) is 5.41 Å². The highest BCUT2D eigenvalue weighted by molar-refractivity contribution is 7.89. The number of carboxylic acid groups (broad SMARTS) is 1. The van der Waals surface area contributed by atoms with Crippen molar-refractivity contribution in [2.75, 3.05) is 26.7 Å². The Balaban J connectivity index is 2.08. The third-order valence-corrected chi connectivity index (χ3v) is 6.47. The number of carboxylic acids is 1. The Hall–Kier alpha value is -0.960. The van der Waals surface area contributed by atoms with Gasteiger partial charge in [-0.25, -0.2) is 17.9 Å². The van der Waals surface area contributed by atoms with Gasteiger partial charge >= 0.3 is 5.97 Å². The van der Waals surface area contributed by atoms with E-state index >= 15 is 0 Å². The van der Waals surface area contributed by atoms with Crippen LogP contribution >= 0.6 is 11.3 Å². The van der Waals surface area contributed by atoms with Gasteiger partial charge < -0.3 is 10.0 Å². The third kappa shape index (κ3) is 3.82. The maximum atomic E-state index is 12.3. The molecule has 1 aromatic heterocycles. The maximum absolute atomic E-state index is 12.3. The molecule has 1 aliphatic heterocycles. The number of sulfonamides is 1. The lowest BCUT2D eigenvalue weighted by Gasteiger charge is -2.37. The van der Waals surface area contributed by atoms with Crippen molar-refractivity contribution in [3.63, 3.8) is 0 Å². The zero-order chi connectivity index (χ0) is 15.7. The van der Waals surface area contributed by atoms with E-state index in [2.05, 4.69) is 16.5 Å². The second kappa shape index (κ2) is 6.04. The van der Waals surface area contributed by atoms with E-state index in [-0.39, 0.29) is 15.2 Å². The summed E-state index contributed by atoms with van der Waals surface area (Å²) in [6.45, 7) is 4.28. The minimum absolute atomic E-state index is 0.0843. The molecule has 118 valence electrons. The first-order chi connectivity index (χ1) is 9.73. The lowest BCUT2D eigenvalue weighted by molar-refractivity contribution is 0.0698. The van der Waals surface area contributed by atoms with E-state index in [1.54, 1.807) is 0 Å². The molecule has 1 aliphatic rings. The van der Waals surface area contributed by atoms with Gasteiger partial charge in [0.2, 0.25) is 10.0 Å². The first kappa shape index (κ1) is 16.4. The molecule has 2 N–H and O–H groups in total. The van der Waals surface area contributed by atoms with Crippen molar-refractivity contribution in [2.24, 2.45) is 5.41 Å². The standard InChI is InChI=1S/C13H20N2O4S2/c1-13(4-6-15(2)7-5-13)9-14-21(18,19)10-3-8-20-11(10)12(16)17/h3,8,14H,4-7,9H2,1-2H3,(H,16,17). The highest BCUT2D eigenvalue weighted by Gasteiger charge is 2.31. The Morgan fingerprint density at radius 2 is 2.10 bits per heavy atom. The number of nitrogens with one attached hydrogen (secondary N) is 1. The van der Waals surface area contributed by atoms with Crippen LogP contribution < -0.4 is 4.72 Å². The van der Waals surface area contributed by atoms with Crippen LogP contribution in [0.4, 0.5) is 0 Å². The number of carbonyl (C=O) groups is 1. The smallest absolute Gasteiger partial charge is 0.347 e. The summed E-state index contributed by atoms with van der Waals surface area (Å²) in [7, 11) is -1.73. The minimum atomic E-state index is -3.78. The third-order valence-electron chi connectivity index (χ3n) is 4.00. The van der Waals surface area contributed by atoms with Gasteiger partial charge in [-0.05, 0) is 49.8 Å². The lowest BCUT2D eigenvalue weighted by Crippen LogP contribution is -2.43. The van der Waals surface area contributed by atoms with Crippen LogP contribution in [0.15, 0.2) is 16.3 Å². The van der Waals surface area contributed by atoms with Crippen molar-refractivity contribution in [2.45, 2.75) is 24.7 Å². The normalized spacial score (nSPS) is 19.5. The van der Waals surface area contributed by atoms with Crippen LogP contribution in [0.5, 0.6) is 0 Å². The quantitative estimate of drug-likeness (QED) is 0.852. The fourth-order valence-corrected chi connectivity index (χ4v) is 4.80. The average molecular weight is 332 g/mol. The molecule has 1 saturated heterocycles. The fraction of sp³-hybridized carbons (Fsp3) is 0.615. The van der Waals surface area contributed by atoms with Crippen LogP contribution in [0.3, 0.4) is 0 Å². The lowest BCUT2D eigenvalue weighted by atomic mass is 9.81. The summed E-state index contributed by atoms with van der Waals surface area (Å²) in [6, 6.07) is 1.34. The van der Waals surface area contributed by atoms with E-state index in [0.29, 0.717) is 6.54 Å². The van der Waals surface area contributed by atoms with Crippen molar-refractivity contribution in [1.82, 2.24) is 9.62 Å². The van der Waals surface area contributed by atoms with Crippen molar-refractivity contribution < 1.29 is 18.3 Å². The largest absolute Gasteiger partial charge is 0.477 e. The number of likely N-dealkylation sites (tertiary alicyclic amines) is 1. The average Bonchev–Trinajstić information content (AvgIpc) is 2.91. The highest BCUT2D eigenvalue weighted by atomic mass is 32.2. The summed E-state index contributed by atoms with van der Waals surface area (Å²) in [6.07, 6.45) is 1.84. The van der Waals surface area contributed by atoms with Crippen LogP contribution in [0.1, 0.15) is 29.4 Å². The Bertz CT molecular complexity index is 616. The van der Waals surface area contributed by atoms with Crippen LogP contribution in [-0.4, -0.2) is 51.1 Å². The number of hydrogen-bond donors (Lipinski definition) is 2. The van der Waals surface area contributed by atoms with Crippen molar-refractivity contribution in [1.29, 1.82) is 0 Å². The molecule has 2 heterocycles. The molecule has 2 rings (SSSR count). The Morgan fingerprint density at radius 3 is 2.67 bits per heavy atom. The SMILES string of the molecule is CN1CCC(C)(CNS(=O)(=O)c2ccsc2C(=O)O)CC1. The van der Waals surface area contributed by atoms with E-state index in [9.17, 15) is 13.2 Å². The van der Waals surface area contributed by atoms with Crippen molar-refractivity contribution in [3.8, 4) is 0 Å². The van der Waals surface area contributed by atoms with Gasteiger partial charge in [-0.1, -0.05) is 6.92 Å². The molecule has 0 saturated carbocycles. The first-order valence-electron chi connectivity index (χ1n) is 6.73. The van der Waals surface area contributed by atoms with E-state index in [1.807, 2.05) is 7.05 Å². The number of piperidine rings is 1. The molecule has 0 bridgehead atoms. The molecule has 0 unspecified atom stereocenters. The van der Waals surface area contributed by atoms with Crippen LogP contribution in [-0.2, 0) is 10.0 Å². The van der Waals surface area contributed by atoms with Crippen molar-refractivity contribution >= 4 is 27.3 Å². The van der Waals surface area contributed by atoms with Gasteiger partial charge in [0.15, 0.2) is 0 Å². The molecule has 6 nitrogen and oxygen atoms in total. The summed E-state index contributed by atoms with van der Waals surface area (Å²) in [4.78, 5) is 13.0. The van der Waals surface area contributed by atoms with E-state index in [1.165, 1.54) is 11.4 Å². The van der Waals surface area contributed by atoms with Crippen molar-refractivity contribution in [3.05, 3.63) is 16.3 Å². The van der Waals surface area contributed by atoms with Gasteiger partial charge in [-0.3, -0.25) is 0 Å². The molecule has 0 amide bonds. The van der Waals surface area contributed by atoms with Gasteiger partial charge in [0.05, 0.1) is 0 Å². The van der Waals surface area contributed by atoms with E-state index < -0.39 is 16.0 Å². The van der Waals surface area contributed by atoms with Crippen LogP contribution in [0.25, 0.3) is 0 Å². The number of aromatic carboxylic acids is 1. The second-order valence-electron chi connectivity index (χ2n) is 5.86. The summed E-state index contributed by atoms with van der Waals surface area (Å²) in [5.74, 6) is -1.21. The molecule has 0 aromatic carbocycles.